The molecule has 0 radical (unpaired) electrons. The number of rotatable bonds is 9. The first-order chi connectivity index (χ1) is 13.3. The number of hydrogen-bond donors (Lipinski definition) is 2. The van der Waals surface area contributed by atoms with Crippen molar-refractivity contribution in [2.24, 2.45) is 4.99 Å². The monoisotopic (exact) mass is 498 g/mol. The van der Waals surface area contributed by atoms with Crippen LogP contribution in [-0.4, -0.2) is 46.5 Å². The molecule has 1 aliphatic carbocycles. The molecule has 1 heterocycles. The second-order valence-corrected chi connectivity index (χ2v) is 6.74. The molecule has 0 bridgehead atoms. The van der Waals surface area contributed by atoms with E-state index in [0.29, 0.717) is 25.7 Å². The average molecular weight is 498 g/mol. The Morgan fingerprint density at radius 3 is 2.79 bits per heavy atom. The van der Waals surface area contributed by atoms with Gasteiger partial charge in [-0.15, -0.1) is 34.2 Å². The Hall–Kier alpha value is -1.84. The Kier molecular flexibility index (Phi) is 10.1. The molecule has 0 amide bonds. The Bertz CT molecular complexity index is 700. The Morgan fingerprint density at radius 1 is 1.25 bits per heavy atom. The molecule has 3 rings (SSSR count). The van der Waals surface area contributed by atoms with Gasteiger partial charge in [0.25, 0.3) is 0 Å². The third-order valence-electron chi connectivity index (χ3n) is 4.73. The molecule has 7 nitrogen and oxygen atoms in total. The minimum absolute atomic E-state index is 0. The van der Waals surface area contributed by atoms with Gasteiger partial charge in [-0.2, -0.15) is 0 Å². The van der Waals surface area contributed by atoms with Crippen LogP contribution in [0.2, 0.25) is 0 Å². The van der Waals surface area contributed by atoms with Gasteiger partial charge in [0.15, 0.2) is 5.96 Å². The zero-order valence-corrected chi connectivity index (χ0v) is 18.8. The first-order valence-corrected chi connectivity index (χ1v) is 9.94. The van der Waals surface area contributed by atoms with Crippen LogP contribution in [0.3, 0.4) is 0 Å². The largest absolute Gasteiger partial charge is 0.492 e. The van der Waals surface area contributed by atoms with Crippen molar-refractivity contribution >= 4 is 29.9 Å². The van der Waals surface area contributed by atoms with Crippen molar-refractivity contribution < 1.29 is 4.74 Å². The SMILES string of the molecule is CCc1nncn1CCN=C(NCCOc1ccccc1)NC1CCCC1.I. The van der Waals surface area contributed by atoms with E-state index in [-0.39, 0.29) is 24.0 Å². The summed E-state index contributed by atoms with van der Waals surface area (Å²) in [5.74, 6) is 2.76. The van der Waals surface area contributed by atoms with Crippen LogP contribution < -0.4 is 15.4 Å². The van der Waals surface area contributed by atoms with Crippen molar-refractivity contribution in [2.75, 3.05) is 19.7 Å². The first kappa shape index (κ1) is 22.4. The predicted molar refractivity (Wildman–Crippen MR) is 122 cm³/mol. The molecule has 0 atom stereocenters. The van der Waals surface area contributed by atoms with Gasteiger partial charge in [-0.1, -0.05) is 38.0 Å². The topological polar surface area (TPSA) is 76.4 Å². The average Bonchev–Trinajstić information content (AvgIpc) is 3.37. The van der Waals surface area contributed by atoms with E-state index in [4.69, 9.17) is 9.73 Å². The minimum Gasteiger partial charge on any atom is -0.492 e. The lowest BCUT2D eigenvalue weighted by Gasteiger charge is -2.17. The molecule has 28 heavy (non-hydrogen) atoms. The summed E-state index contributed by atoms with van der Waals surface area (Å²) in [5.41, 5.74) is 0. The molecule has 154 valence electrons. The second-order valence-electron chi connectivity index (χ2n) is 6.74. The number of halogens is 1. The summed E-state index contributed by atoms with van der Waals surface area (Å²) in [6.45, 7) is 4.87. The van der Waals surface area contributed by atoms with Gasteiger partial charge < -0.3 is 19.9 Å². The number of aromatic nitrogens is 3. The Labute approximate surface area is 184 Å². The quantitative estimate of drug-likeness (QED) is 0.241. The summed E-state index contributed by atoms with van der Waals surface area (Å²) in [4.78, 5) is 4.74. The van der Waals surface area contributed by atoms with Crippen molar-refractivity contribution in [3.05, 3.63) is 42.5 Å². The highest BCUT2D eigenvalue weighted by atomic mass is 127. The number of para-hydroxylation sites is 1. The lowest BCUT2D eigenvalue weighted by molar-refractivity contribution is 0.321. The third kappa shape index (κ3) is 7.29. The number of aliphatic imine (C=N–C) groups is 1. The standard InChI is InChI=1S/C20H30N6O.HI/c1-2-19-25-23-16-26(19)14-12-21-20(24-17-8-6-7-9-17)22-13-15-27-18-10-4-3-5-11-18;/h3-5,10-11,16-17H,2,6-9,12-15H2,1H3,(H2,21,22,24);1H. The molecule has 1 aliphatic rings. The molecule has 0 saturated heterocycles. The van der Waals surface area contributed by atoms with Crippen molar-refractivity contribution in [3.63, 3.8) is 0 Å². The molecular formula is C20H31IN6O. The zero-order valence-electron chi connectivity index (χ0n) is 16.5. The van der Waals surface area contributed by atoms with Crippen LogP contribution in [0.15, 0.2) is 41.7 Å². The van der Waals surface area contributed by atoms with Crippen LogP contribution in [0.25, 0.3) is 0 Å². The highest BCUT2D eigenvalue weighted by molar-refractivity contribution is 14.0. The molecule has 2 aromatic rings. The number of nitrogens with zero attached hydrogens (tertiary/aromatic N) is 4. The van der Waals surface area contributed by atoms with E-state index in [9.17, 15) is 0 Å². The van der Waals surface area contributed by atoms with E-state index in [2.05, 4.69) is 32.3 Å². The smallest absolute Gasteiger partial charge is 0.191 e. The third-order valence-corrected chi connectivity index (χ3v) is 4.73. The van der Waals surface area contributed by atoms with Crippen LogP contribution in [0.4, 0.5) is 0 Å². The van der Waals surface area contributed by atoms with Gasteiger partial charge in [-0.3, -0.25) is 4.99 Å². The van der Waals surface area contributed by atoms with E-state index in [1.54, 1.807) is 6.33 Å². The van der Waals surface area contributed by atoms with E-state index < -0.39 is 0 Å². The molecule has 8 heteroatoms. The van der Waals surface area contributed by atoms with Crippen LogP contribution >= 0.6 is 24.0 Å². The molecule has 0 aliphatic heterocycles. The molecule has 1 fully saturated rings. The summed E-state index contributed by atoms with van der Waals surface area (Å²) < 4.78 is 7.82. The fraction of sp³-hybridized carbons (Fsp3) is 0.550. The maximum atomic E-state index is 5.75. The van der Waals surface area contributed by atoms with Crippen LogP contribution in [0.5, 0.6) is 5.75 Å². The molecular weight excluding hydrogens is 467 g/mol. The second kappa shape index (κ2) is 12.6. The van der Waals surface area contributed by atoms with Crippen LogP contribution in [0, 0.1) is 0 Å². The number of guanidine groups is 1. The van der Waals surface area contributed by atoms with Crippen molar-refractivity contribution in [1.82, 2.24) is 25.4 Å². The number of nitrogens with one attached hydrogen (secondary N) is 2. The molecule has 0 spiro atoms. The van der Waals surface area contributed by atoms with Gasteiger partial charge in [0.1, 0.15) is 24.5 Å². The van der Waals surface area contributed by atoms with Crippen molar-refractivity contribution in [1.29, 1.82) is 0 Å². The zero-order chi connectivity index (χ0) is 18.7. The lowest BCUT2D eigenvalue weighted by atomic mass is 10.2. The van der Waals surface area contributed by atoms with Crippen molar-refractivity contribution in [2.45, 2.75) is 51.6 Å². The molecule has 0 unspecified atom stereocenters. The van der Waals surface area contributed by atoms with E-state index in [1.165, 1.54) is 25.7 Å². The summed E-state index contributed by atoms with van der Waals surface area (Å²) in [6.07, 6.45) is 7.68. The summed E-state index contributed by atoms with van der Waals surface area (Å²) in [5, 5.41) is 15.1. The van der Waals surface area contributed by atoms with Gasteiger partial charge in [0.05, 0.1) is 13.1 Å². The van der Waals surface area contributed by atoms with E-state index in [0.717, 1.165) is 30.5 Å². The molecule has 1 aromatic carbocycles. The predicted octanol–water partition coefficient (Wildman–Crippen LogP) is 3.02. The van der Waals surface area contributed by atoms with E-state index >= 15 is 0 Å². The lowest BCUT2D eigenvalue weighted by Crippen LogP contribution is -2.44. The Balaban J connectivity index is 0.00000280. The van der Waals surface area contributed by atoms with Crippen molar-refractivity contribution in [3.8, 4) is 5.75 Å². The Morgan fingerprint density at radius 2 is 2.04 bits per heavy atom. The van der Waals surface area contributed by atoms with Gasteiger partial charge >= 0.3 is 0 Å². The summed E-state index contributed by atoms with van der Waals surface area (Å²) in [6, 6.07) is 10.4. The molecule has 2 N–H and O–H groups in total. The van der Waals surface area contributed by atoms with Gasteiger partial charge in [0.2, 0.25) is 0 Å². The molecule has 1 saturated carbocycles. The maximum absolute atomic E-state index is 5.75. The molecule has 1 aromatic heterocycles. The van der Waals surface area contributed by atoms with Gasteiger partial charge in [-0.05, 0) is 25.0 Å². The van der Waals surface area contributed by atoms with Crippen LogP contribution in [0.1, 0.15) is 38.4 Å². The summed E-state index contributed by atoms with van der Waals surface area (Å²) in [7, 11) is 0. The maximum Gasteiger partial charge on any atom is 0.191 e. The minimum atomic E-state index is 0. The fourth-order valence-corrected chi connectivity index (χ4v) is 3.28. The summed E-state index contributed by atoms with van der Waals surface area (Å²) >= 11 is 0. The van der Waals surface area contributed by atoms with E-state index in [1.807, 2.05) is 30.3 Å². The van der Waals surface area contributed by atoms with Crippen LogP contribution in [-0.2, 0) is 13.0 Å². The van der Waals surface area contributed by atoms with Gasteiger partial charge in [0, 0.05) is 19.0 Å². The van der Waals surface area contributed by atoms with Gasteiger partial charge in [-0.25, -0.2) is 0 Å². The highest BCUT2D eigenvalue weighted by Crippen LogP contribution is 2.17. The normalized spacial score (nSPS) is 14.5. The number of aryl methyl sites for hydroxylation is 1. The number of benzene rings is 1. The first-order valence-electron chi connectivity index (χ1n) is 9.94. The fourth-order valence-electron chi connectivity index (χ4n) is 3.28. The highest BCUT2D eigenvalue weighted by Gasteiger charge is 2.16. The number of ether oxygens (including phenoxy) is 1. The number of hydrogen-bond acceptors (Lipinski definition) is 4.